The Morgan fingerprint density at radius 3 is 2.23 bits per heavy atom. The Labute approximate surface area is 236 Å². The van der Waals surface area contributed by atoms with Gasteiger partial charge in [0.1, 0.15) is 12.6 Å². The molecule has 0 spiro atoms. The first-order chi connectivity index (χ1) is 18.6. The molecule has 0 aliphatic heterocycles. The number of nitrogens with zero attached hydrogens (tertiary/aromatic N) is 2. The minimum atomic E-state index is -4.14. The first-order valence-corrected chi connectivity index (χ1v) is 14.9. The van der Waals surface area contributed by atoms with Crippen molar-refractivity contribution in [2.45, 2.75) is 58.0 Å². The van der Waals surface area contributed by atoms with Gasteiger partial charge in [-0.25, -0.2) is 8.42 Å². The summed E-state index contributed by atoms with van der Waals surface area (Å²) >= 11 is 6.27. The maximum atomic E-state index is 14.1. The topological polar surface area (TPSA) is 86.8 Å². The first kappa shape index (κ1) is 30.2. The molecule has 0 saturated carbocycles. The summed E-state index contributed by atoms with van der Waals surface area (Å²) in [6, 6.07) is 19.8. The summed E-state index contributed by atoms with van der Waals surface area (Å²) in [6.45, 7) is 7.67. The van der Waals surface area contributed by atoms with Crippen molar-refractivity contribution in [2.24, 2.45) is 0 Å². The summed E-state index contributed by atoms with van der Waals surface area (Å²) < 4.78 is 28.9. The normalized spacial score (nSPS) is 12.0. The van der Waals surface area contributed by atoms with E-state index in [2.05, 4.69) is 5.32 Å². The number of hydrogen-bond acceptors (Lipinski definition) is 4. The van der Waals surface area contributed by atoms with Crippen LogP contribution in [0.5, 0.6) is 0 Å². The Morgan fingerprint density at radius 2 is 1.62 bits per heavy atom. The maximum Gasteiger partial charge on any atom is 0.264 e. The smallest absolute Gasteiger partial charge is 0.264 e. The van der Waals surface area contributed by atoms with Gasteiger partial charge in [0, 0.05) is 18.1 Å². The van der Waals surface area contributed by atoms with Crippen LogP contribution in [-0.2, 0) is 26.2 Å². The highest BCUT2D eigenvalue weighted by Crippen LogP contribution is 2.30. The predicted molar refractivity (Wildman–Crippen MR) is 156 cm³/mol. The van der Waals surface area contributed by atoms with Crippen LogP contribution < -0.4 is 9.62 Å². The Hall–Kier alpha value is -3.36. The Kier molecular flexibility index (Phi) is 10.5. The third kappa shape index (κ3) is 7.61. The molecule has 2 amide bonds. The minimum absolute atomic E-state index is 0.0509. The van der Waals surface area contributed by atoms with Crippen molar-refractivity contribution in [3.8, 4) is 0 Å². The van der Waals surface area contributed by atoms with Crippen molar-refractivity contribution < 1.29 is 18.0 Å². The van der Waals surface area contributed by atoms with Crippen LogP contribution in [0.25, 0.3) is 0 Å². The molecule has 0 heterocycles. The molecule has 3 rings (SSSR count). The van der Waals surface area contributed by atoms with Gasteiger partial charge < -0.3 is 10.2 Å². The molecule has 0 fully saturated rings. The van der Waals surface area contributed by atoms with Gasteiger partial charge in [0.2, 0.25) is 11.8 Å². The van der Waals surface area contributed by atoms with E-state index in [1.165, 1.54) is 17.0 Å². The fraction of sp³-hybridized carbons (Fsp3) is 0.333. The van der Waals surface area contributed by atoms with Crippen molar-refractivity contribution in [1.29, 1.82) is 0 Å². The van der Waals surface area contributed by atoms with E-state index in [0.29, 0.717) is 29.2 Å². The molecule has 0 bridgehead atoms. The second kappa shape index (κ2) is 13.6. The number of hydrogen-bond donors (Lipinski definition) is 1. The number of anilines is 1. The number of halogens is 1. The highest BCUT2D eigenvalue weighted by atomic mass is 35.5. The zero-order chi connectivity index (χ0) is 28.6. The first-order valence-electron chi connectivity index (χ1n) is 13.0. The van der Waals surface area contributed by atoms with Gasteiger partial charge in [-0.2, -0.15) is 0 Å². The van der Waals surface area contributed by atoms with E-state index in [1.807, 2.05) is 45.0 Å². The third-order valence-corrected chi connectivity index (χ3v) is 8.47. The molecule has 208 valence electrons. The van der Waals surface area contributed by atoms with E-state index >= 15 is 0 Å². The lowest BCUT2D eigenvalue weighted by Gasteiger charge is -2.33. The second-order valence-electron chi connectivity index (χ2n) is 9.48. The largest absolute Gasteiger partial charge is 0.354 e. The number of benzene rings is 3. The average molecular weight is 570 g/mol. The highest BCUT2D eigenvalue weighted by molar-refractivity contribution is 7.92. The number of sulfonamides is 1. The van der Waals surface area contributed by atoms with Gasteiger partial charge in [-0.1, -0.05) is 79.5 Å². The Morgan fingerprint density at radius 1 is 0.949 bits per heavy atom. The van der Waals surface area contributed by atoms with Crippen molar-refractivity contribution in [2.75, 3.05) is 17.4 Å². The van der Waals surface area contributed by atoms with Gasteiger partial charge in [-0.15, -0.1) is 0 Å². The third-order valence-electron chi connectivity index (χ3n) is 6.46. The van der Waals surface area contributed by atoms with Crippen LogP contribution in [0.1, 0.15) is 43.4 Å². The number of rotatable bonds is 12. The molecule has 39 heavy (non-hydrogen) atoms. The molecule has 9 heteroatoms. The standard InChI is InChI=1S/C30H36ClN3O4S/c1-5-18-32-30(36)27(6-2)33(20-24-15-12-22(3)13-16-24)29(35)21-34(28-19-25(31)17-14-23(28)4)39(37,38)26-10-8-7-9-11-26/h7-17,19,27H,5-6,18,20-21H2,1-4H3,(H,32,36)/t27-/m0/s1. The SMILES string of the molecule is CCCNC(=O)[C@H](CC)N(Cc1ccc(C)cc1)C(=O)CN(c1cc(Cl)ccc1C)S(=O)(=O)c1ccccc1. The maximum absolute atomic E-state index is 14.1. The highest BCUT2D eigenvalue weighted by Gasteiger charge is 2.34. The quantitative estimate of drug-likeness (QED) is 0.313. The van der Waals surface area contributed by atoms with Gasteiger partial charge in [0.25, 0.3) is 10.0 Å². The monoisotopic (exact) mass is 569 g/mol. The van der Waals surface area contributed by atoms with Crippen LogP contribution in [0.2, 0.25) is 5.02 Å². The molecule has 0 aliphatic carbocycles. The molecule has 0 aliphatic rings. The number of amides is 2. The number of aryl methyl sites for hydroxylation is 2. The molecule has 7 nitrogen and oxygen atoms in total. The second-order valence-corrected chi connectivity index (χ2v) is 11.8. The van der Waals surface area contributed by atoms with Crippen LogP contribution in [0.4, 0.5) is 5.69 Å². The number of carbonyl (C=O) groups is 2. The van der Waals surface area contributed by atoms with E-state index < -0.39 is 28.5 Å². The van der Waals surface area contributed by atoms with Crippen LogP contribution in [0.3, 0.4) is 0 Å². The molecular weight excluding hydrogens is 534 g/mol. The van der Waals surface area contributed by atoms with E-state index in [4.69, 9.17) is 11.6 Å². The summed E-state index contributed by atoms with van der Waals surface area (Å²) in [7, 11) is -4.14. The molecule has 1 atom stereocenters. The van der Waals surface area contributed by atoms with Crippen LogP contribution in [0.15, 0.2) is 77.7 Å². The van der Waals surface area contributed by atoms with Gasteiger partial charge in [0.15, 0.2) is 0 Å². The molecule has 3 aromatic rings. The van der Waals surface area contributed by atoms with E-state index in [9.17, 15) is 18.0 Å². The van der Waals surface area contributed by atoms with Crippen LogP contribution >= 0.6 is 11.6 Å². The van der Waals surface area contributed by atoms with Gasteiger partial charge in [-0.3, -0.25) is 13.9 Å². The van der Waals surface area contributed by atoms with E-state index in [1.54, 1.807) is 43.3 Å². The average Bonchev–Trinajstić information content (AvgIpc) is 2.93. The molecule has 0 saturated heterocycles. The molecule has 3 aromatic carbocycles. The molecule has 1 N–H and O–H groups in total. The molecule has 0 radical (unpaired) electrons. The summed E-state index contributed by atoms with van der Waals surface area (Å²) in [4.78, 5) is 28.7. The summed E-state index contributed by atoms with van der Waals surface area (Å²) in [6.07, 6.45) is 1.13. The predicted octanol–water partition coefficient (Wildman–Crippen LogP) is 5.49. The molecular formula is C30H36ClN3O4S. The lowest BCUT2D eigenvalue weighted by molar-refractivity contribution is -0.140. The fourth-order valence-electron chi connectivity index (χ4n) is 4.26. The number of nitrogens with one attached hydrogen (secondary N) is 1. The Bertz CT molecular complexity index is 1380. The zero-order valence-electron chi connectivity index (χ0n) is 22.9. The van der Waals surface area contributed by atoms with Gasteiger partial charge in [0.05, 0.1) is 10.6 Å². The molecule has 0 unspecified atom stereocenters. The van der Waals surface area contributed by atoms with Gasteiger partial charge >= 0.3 is 0 Å². The summed E-state index contributed by atoms with van der Waals surface area (Å²) in [5, 5.41) is 3.23. The van der Waals surface area contributed by atoms with Crippen molar-refractivity contribution in [3.63, 3.8) is 0 Å². The molecule has 0 aromatic heterocycles. The van der Waals surface area contributed by atoms with Crippen molar-refractivity contribution >= 4 is 39.1 Å². The van der Waals surface area contributed by atoms with Crippen molar-refractivity contribution in [1.82, 2.24) is 10.2 Å². The Balaban J connectivity index is 2.07. The van der Waals surface area contributed by atoms with Gasteiger partial charge in [-0.05, 0) is 62.1 Å². The van der Waals surface area contributed by atoms with Crippen molar-refractivity contribution in [3.05, 3.63) is 94.5 Å². The lowest BCUT2D eigenvalue weighted by atomic mass is 10.1. The lowest BCUT2D eigenvalue weighted by Crippen LogP contribution is -2.52. The minimum Gasteiger partial charge on any atom is -0.354 e. The van der Waals surface area contributed by atoms with E-state index in [0.717, 1.165) is 21.9 Å². The zero-order valence-corrected chi connectivity index (χ0v) is 24.4. The summed E-state index contributed by atoms with van der Waals surface area (Å²) in [5.41, 5.74) is 2.86. The van der Waals surface area contributed by atoms with Crippen LogP contribution in [0, 0.1) is 13.8 Å². The van der Waals surface area contributed by atoms with E-state index in [-0.39, 0.29) is 17.3 Å². The number of carbonyl (C=O) groups excluding carboxylic acids is 2. The summed E-state index contributed by atoms with van der Waals surface area (Å²) in [5.74, 6) is -0.760. The van der Waals surface area contributed by atoms with Crippen LogP contribution in [-0.4, -0.2) is 44.3 Å². The fourth-order valence-corrected chi connectivity index (χ4v) is 5.92.